The minimum absolute atomic E-state index is 0.236. The molecular weight excluding hydrogens is 510 g/mol. The molecule has 3 aliphatic rings. The van der Waals surface area contributed by atoms with Crippen LogP contribution in [-0.4, -0.2) is 54.3 Å². The van der Waals surface area contributed by atoms with E-state index >= 15 is 0 Å². The molecule has 0 spiro atoms. The van der Waals surface area contributed by atoms with Crippen LogP contribution >= 0.6 is 0 Å². The number of carbonyl (C=O) groups is 3. The lowest BCUT2D eigenvalue weighted by Gasteiger charge is -2.31. The summed E-state index contributed by atoms with van der Waals surface area (Å²) in [6.45, 7) is 2.70. The second kappa shape index (κ2) is 12.1. The molecule has 0 aromatic heterocycles. The number of rotatable bonds is 9. The number of allylic oxidation sites excluding steroid dienone is 1. The molecule has 2 heterocycles. The molecule has 8 nitrogen and oxygen atoms in total. The highest BCUT2D eigenvalue weighted by Gasteiger charge is 2.59. The molecule has 0 unspecified atom stereocenters. The highest BCUT2D eigenvalue weighted by Crippen LogP contribution is 2.50. The molecule has 2 aromatic carbocycles. The number of methoxy groups -OCH3 is 1. The Labute approximate surface area is 234 Å². The number of amides is 3. The summed E-state index contributed by atoms with van der Waals surface area (Å²) in [7, 11) is 1.17. The Morgan fingerprint density at radius 1 is 1.05 bits per heavy atom. The zero-order valence-corrected chi connectivity index (χ0v) is 22.9. The number of aromatic hydroxyl groups is 1. The van der Waals surface area contributed by atoms with E-state index in [-0.39, 0.29) is 24.4 Å². The van der Waals surface area contributed by atoms with Crippen molar-refractivity contribution in [3.63, 3.8) is 0 Å². The van der Waals surface area contributed by atoms with E-state index < -0.39 is 29.7 Å². The molecule has 8 heteroatoms. The van der Waals surface area contributed by atoms with Crippen LogP contribution in [-0.2, 0) is 19.1 Å². The number of hydrogen-bond donors (Lipinski definition) is 1. The summed E-state index contributed by atoms with van der Waals surface area (Å²) in [5.41, 5.74) is 3.96. The van der Waals surface area contributed by atoms with Gasteiger partial charge in [0.15, 0.2) is 0 Å². The van der Waals surface area contributed by atoms with Gasteiger partial charge < -0.3 is 19.3 Å². The lowest BCUT2D eigenvalue weighted by Crippen LogP contribution is -2.38. The normalized spacial score (nSPS) is 24.2. The number of hydrogen-bond acceptors (Lipinski definition) is 7. The van der Waals surface area contributed by atoms with Gasteiger partial charge in [0.25, 0.3) is 0 Å². The van der Waals surface area contributed by atoms with Gasteiger partial charge >= 0.3 is 6.09 Å². The fourth-order valence-electron chi connectivity index (χ4n) is 6.30. The molecule has 2 aromatic rings. The summed E-state index contributed by atoms with van der Waals surface area (Å²) in [5, 5.41) is 10.3. The van der Waals surface area contributed by atoms with Gasteiger partial charge in [-0.25, -0.2) is 4.79 Å². The Hall–Kier alpha value is -3.91. The van der Waals surface area contributed by atoms with Gasteiger partial charge in [-0.15, -0.1) is 0 Å². The molecule has 210 valence electrons. The number of imide groups is 3. The number of likely N-dealkylation sites (tertiary alicyclic amines) is 1. The SMILES string of the molecule is CCC/C(=C\c1ccccc1O)CC[C@H]1OC[C@H]2C1=C(COc1ccccc1)C[C@H]1C(=O)N(C(=O)OC)C(=O)[C@H]12. The summed E-state index contributed by atoms with van der Waals surface area (Å²) in [6, 6.07) is 16.7. The maximum absolute atomic E-state index is 13.3. The second-order valence-corrected chi connectivity index (χ2v) is 10.6. The third-order valence-corrected chi connectivity index (χ3v) is 8.12. The zero-order chi connectivity index (χ0) is 28.2. The topological polar surface area (TPSA) is 102 Å². The van der Waals surface area contributed by atoms with Crippen molar-refractivity contribution in [2.45, 2.75) is 45.1 Å². The van der Waals surface area contributed by atoms with E-state index in [1.165, 1.54) is 12.7 Å². The highest BCUT2D eigenvalue weighted by molar-refractivity contribution is 6.16. The Morgan fingerprint density at radius 3 is 2.52 bits per heavy atom. The van der Waals surface area contributed by atoms with Crippen molar-refractivity contribution < 1.29 is 33.7 Å². The lowest BCUT2D eigenvalue weighted by atomic mass is 9.69. The molecule has 1 aliphatic carbocycles. The van der Waals surface area contributed by atoms with Crippen molar-refractivity contribution in [3.8, 4) is 11.5 Å². The molecule has 40 heavy (non-hydrogen) atoms. The van der Waals surface area contributed by atoms with Crippen LogP contribution in [0.25, 0.3) is 6.08 Å². The Morgan fingerprint density at radius 2 is 1.80 bits per heavy atom. The van der Waals surface area contributed by atoms with Crippen LogP contribution < -0.4 is 4.74 Å². The van der Waals surface area contributed by atoms with E-state index in [4.69, 9.17) is 14.2 Å². The Balaban J connectivity index is 1.42. The van der Waals surface area contributed by atoms with Crippen molar-refractivity contribution in [2.24, 2.45) is 17.8 Å². The first-order valence-corrected chi connectivity index (χ1v) is 13.9. The summed E-state index contributed by atoms with van der Waals surface area (Å²) in [5.74, 6) is -1.67. The van der Waals surface area contributed by atoms with Crippen LogP contribution in [0.1, 0.15) is 44.6 Å². The quantitative estimate of drug-likeness (QED) is 0.327. The van der Waals surface area contributed by atoms with Gasteiger partial charge in [-0.05, 0) is 55.0 Å². The summed E-state index contributed by atoms with van der Waals surface area (Å²) in [4.78, 5) is 39.5. The third kappa shape index (κ3) is 5.41. The van der Waals surface area contributed by atoms with Crippen LogP contribution in [0.4, 0.5) is 4.79 Å². The number of nitrogens with zero attached hydrogens (tertiary/aromatic N) is 1. The fraction of sp³-hybridized carbons (Fsp3) is 0.406. The van der Waals surface area contributed by atoms with Crippen LogP contribution in [0.3, 0.4) is 0 Å². The standard InChI is InChI=1S/C32H35NO7/c1-3-9-20(16-21-10-7-8-13-26(21)34)14-15-27-28-22(18-39-23-11-5-4-6-12-23)17-24-29(25(28)19-40-27)31(36)33(30(24)35)32(37)38-2/h4-8,10-13,16,24-25,27,29,34H,3,9,14-15,17-19H2,1-2H3/b20-16+/t24-,25+,27-,29-/m1/s1. The van der Waals surface area contributed by atoms with Gasteiger partial charge in [-0.1, -0.05) is 61.4 Å². The van der Waals surface area contributed by atoms with Crippen molar-refractivity contribution in [1.82, 2.24) is 4.90 Å². The maximum Gasteiger partial charge on any atom is 0.423 e. The van der Waals surface area contributed by atoms with E-state index in [9.17, 15) is 19.5 Å². The number of phenolic OH excluding ortho intramolecular Hbond substituents is 1. The molecule has 0 saturated carbocycles. The molecule has 1 N–H and O–H groups in total. The predicted octanol–water partition coefficient (Wildman–Crippen LogP) is 5.52. The van der Waals surface area contributed by atoms with Gasteiger partial charge in [0, 0.05) is 11.5 Å². The summed E-state index contributed by atoms with van der Waals surface area (Å²) >= 11 is 0. The first-order valence-electron chi connectivity index (χ1n) is 13.9. The van der Waals surface area contributed by atoms with Gasteiger partial charge in [-0.2, -0.15) is 4.90 Å². The van der Waals surface area contributed by atoms with E-state index in [0.29, 0.717) is 30.1 Å². The van der Waals surface area contributed by atoms with E-state index in [0.717, 1.165) is 36.0 Å². The van der Waals surface area contributed by atoms with Gasteiger partial charge in [0.2, 0.25) is 11.8 Å². The monoisotopic (exact) mass is 545 g/mol. The number of phenols is 1. The number of fused-ring (bicyclic) bond motifs is 3. The first-order chi connectivity index (χ1) is 19.4. The average Bonchev–Trinajstić information content (AvgIpc) is 3.50. The van der Waals surface area contributed by atoms with Crippen LogP contribution in [0.5, 0.6) is 11.5 Å². The third-order valence-electron chi connectivity index (χ3n) is 8.12. The maximum atomic E-state index is 13.3. The molecule has 2 fully saturated rings. The number of carbonyl (C=O) groups excluding carboxylic acids is 3. The minimum atomic E-state index is -0.943. The van der Waals surface area contributed by atoms with Crippen LogP contribution in [0, 0.1) is 17.8 Å². The van der Waals surface area contributed by atoms with Gasteiger partial charge in [-0.3, -0.25) is 9.59 Å². The summed E-state index contributed by atoms with van der Waals surface area (Å²) < 4.78 is 17.2. The minimum Gasteiger partial charge on any atom is -0.507 e. The predicted molar refractivity (Wildman–Crippen MR) is 148 cm³/mol. The highest BCUT2D eigenvalue weighted by atomic mass is 16.5. The fourth-order valence-corrected chi connectivity index (χ4v) is 6.30. The van der Waals surface area contributed by atoms with Gasteiger partial charge in [0.05, 0.1) is 31.7 Å². The van der Waals surface area contributed by atoms with Crippen LogP contribution in [0.15, 0.2) is 71.3 Å². The molecule has 4 atom stereocenters. The van der Waals surface area contributed by atoms with Crippen LogP contribution in [0.2, 0.25) is 0 Å². The Kier molecular flexibility index (Phi) is 8.35. The van der Waals surface area contributed by atoms with E-state index in [2.05, 4.69) is 6.92 Å². The molecular formula is C32H35NO7. The number of ether oxygens (including phenoxy) is 3. The lowest BCUT2D eigenvalue weighted by molar-refractivity contribution is -0.137. The van der Waals surface area contributed by atoms with E-state index in [1.54, 1.807) is 12.1 Å². The Bertz CT molecular complexity index is 1330. The van der Waals surface area contributed by atoms with Crippen molar-refractivity contribution >= 4 is 24.0 Å². The average molecular weight is 546 g/mol. The zero-order valence-electron chi connectivity index (χ0n) is 22.9. The smallest absolute Gasteiger partial charge is 0.423 e. The molecule has 5 rings (SSSR count). The van der Waals surface area contributed by atoms with Crippen molar-refractivity contribution in [2.75, 3.05) is 20.3 Å². The van der Waals surface area contributed by atoms with Gasteiger partial charge in [0.1, 0.15) is 18.1 Å². The second-order valence-electron chi connectivity index (χ2n) is 10.6. The number of benzene rings is 2. The first kappa shape index (κ1) is 27.6. The molecule has 2 aliphatic heterocycles. The molecule has 3 amide bonds. The molecule has 0 bridgehead atoms. The van der Waals surface area contributed by atoms with E-state index in [1.807, 2.05) is 48.5 Å². The number of para-hydroxylation sites is 2. The van der Waals surface area contributed by atoms with Crippen molar-refractivity contribution in [3.05, 3.63) is 76.9 Å². The largest absolute Gasteiger partial charge is 0.507 e. The van der Waals surface area contributed by atoms with Crippen molar-refractivity contribution in [1.29, 1.82) is 0 Å². The molecule has 0 radical (unpaired) electrons. The summed E-state index contributed by atoms with van der Waals surface area (Å²) in [6.07, 6.45) is 4.50. The molecule has 2 saturated heterocycles.